The lowest BCUT2D eigenvalue weighted by Gasteiger charge is -2.21. The summed E-state index contributed by atoms with van der Waals surface area (Å²) in [5.74, 6) is 1.87. The second-order valence-corrected chi connectivity index (χ2v) is 6.47. The number of benzene rings is 1. The second kappa shape index (κ2) is 9.30. The number of aliphatic imine (C=N–C) groups is 1. The molecule has 6 heteroatoms. The van der Waals surface area contributed by atoms with Crippen molar-refractivity contribution in [1.29, 1.82) is 0 Å². The molecular formula is C19H30N4O2. The Morgan fingerprint density at radius 1 is 1.44 bits per heavy atom. The highest BCUT2D eigenvalue weighted by atomic mass is 16.5. The van der Waals surface area contributed by atoms with Gasteiger partial charge in [0.15, 0.2) is 5.96 Å². The summed E-state index contributed by atoms with van der Waals surface area (Å²) >= 11 is 0. The van der Waals surface area contributed by atoms with E-state index in [2.05, 4.69) is 15.6 Å². The van der Waals surface area contributed by atoms with Gasteiger partial charge in [0.1, 0.15) is 11.9 Å². The first-order valence-electron chi connectivity index (χ1n) is 9.00. The van der Waals surface area contributed by atoms with E-state index in [0.717, 1.165) is 36.8 Å². The molecule has 1 aliphatic rings. The predicted molar refractivity (Wildman–Crippen MR) is 101 cm³/mol. The van der Waals surface area contributed by atoms with Crippen LogP contribution in [0.5, 0.6) is 5.75 Å². The Morgan fingerprint density at radius 3 is 2.88 bits per heavy atom. The van der Waals surface area contributed by atoms with Crippen molar-refractivity contribution in [3.8, 4) is 5.75 Å². The van der Waals surface area contributed by atoms with Gasteiger partial charge in [0.25, 0.3) is 0 Å². The molecule has 1 aromatic carbocycles. The molecule has 1 aromatic rings. The first kappa shape index (κ1) is 19.1. The topological polar surface area (TPSA) is 66.0 Å². The minimum Gasteiger partial charge on any atom is -0.489 e. The van der Waals surface area contributed by atoms with Crippen molar-refractivity contribution in [3.63, 3.8) is 0 Å². The maximum atomic E-state index is 11.8. The molecule has 2 N–H and O–H groups in total. The van der Waals surface area contributed by atoms with Gasteiger partial charge in [-0.2, -0.15) is 0 Å². The molecule has 0 spiro atoms. The van der Waals surface area contributed by atoms with Crippen LogP contribution in [0.25, 0.3) is 0 Å². The Balaban J connectivity index is 1.77. The first-order valence-corrected chi connectivity index (χ1v) is 9.00. The number of ether oxygens (including phenoxy) is 1. The normalized spacial score (nSPS) is 18.8. The molecule has 2 unspecified atom stereocenters. The first-order chi connectivity index (χ1) is 12.0. The fraction of sp³-hybridized carbons (Fsp3) is 0.579. The highest BCUT2D eigenvalue weighted by Crippen LogP contribution is 2.17. The van der Waals surface area contributed by atoms with E-state index in [4.69, 9.17) is 4.74 Å². The van der Waals surface area contributed by atoms with E-state index < -0.39 is 0 Å². The van der Waals surface area contributed by atoms with E-state index in [0.29, 0.717) is 13.0 Å². The molecule has 1 fully saturated rings. The Hall–Kier alpha value is -2.24. The minimum absolute atomic E-state index is 0.0152. The summed E-state index contributed by atoms with van der Waals surface area (Å²) in [5, 5.41) is 6.70. The number of amides is 1. The van der Waals surface area contributed by atoms with Crippen molar-refractivity contribution in [1.82, 2.24) is 15.5 Å². The molecule has 0 radical (unpaired) electrons. The fourth-order valence-electron chi connectivity index (χ4n) is 2.90. The van der Waals surface area contributed by atoms with Gasteiger partial charge in [0.05, 0.1) is 6.54 Å². The van der Waals surface area contributed by atoms with E-state index >= 15 is 0 Å². The molecule has 1 amide bonds. The van der Waals surface area contributed by atoms with Crippen LogP contribution in [0.4, 0.5) is 0 Å². The van der Waals surface area contributed by atoms with Gasteiger partial charge in [0.2, 0.25) is 5.91 Å². The van der Waals surface area contributed by atoms with Crippen molar-refractivity contribution in [2.24, 2.45) is 4.99 Å². The Bertz CT molecular complexity index is 603. The maximum Gasteiger partial charge on any atom is 0.222 e. The third-order valence-corrected chi connectivity index (χ3v) is 4.39. The SMILES string of the molecule is CCC(=O)N1CCC(NC(=NC)NCC(C)Oc2ccccc2C)C1. The monoisotopic (exact) mass is 346 g/mol. The molecule has 0 bridgehead atoms. The molecule has 2 rings (SSSR count). The number of carbonyl (C=O) groups is 1. The standard InChI is InChI=1S/C19H30N4O2/c1-5-18(24)23-11-10-16(13-23)22-19(20-4)21-12-15(3)25-17-9-7-6-8-14(17)2/h6-9,15-16H,5,10-13H2,1-4H3,(H2,20,21,22). The summed E-state index contributed by atoms with van der Waals surface area (Å²) < 4.78 is 5.97. The Labute approximate surface area is 150 Å². The molecular weight excluding hydrogens is 316 g/mol. The van der Waals surface area contributed by atoms with Gasteiger partial charge in [-0.15, -0.1) is 0 Å². The summed E-state index contributed by atoms with van der Waals surface area (Å²) in [6.45, 7) is 8.18. The largest absolute Gasteiger partial charge is 0.489 e. The van der Waals surface area contributed by atoms with E-state index in [1.54, 1.807) is 7.05 Å². The summed E-state index contributed by atoms with van der Waals surface area (Å²) in [5.41, 5.74) is 1.13. The maximum absolute atomic E-state index is 11.8. The number of nitrogens with zero attached hydrogens (tertiary/aromatic N) is 2. The molecule has 1 aliphatic heterocycles. The van der Waals surface area contributed by atoms with Gasteiger partial charge >= 0.3 is 0 Å². The van der Waals surface area contributed by atoms with Crippen LogP contribution >= 0.6 is 0 Å². The zero-order chi connectivity index (χ0) is 18.2. The number of hydrogen-bond donors (Lipinski definition) is 2. The number of para-hydroxylation sites is 1. The molecule has 0 saturated carbocycles. The third kappa shape index (κ3) is 5.66. The summed E-state index contributed by atoms with van der Waals surface area (Å²) in [4.78, 5) is 18.0. The second-order valence-electron chi connectivity index (χ2n) is 6.47. The fourth-order valence-corrected chi connectivity index (χ4v) is 2.90. The van der Waals surface area contributed by atoms with Crippen LogP contribution in [0, 0.1) is 6.92 Å². The van der Waals surface area contributed by atoms with E-state index in [9.17, 15) is 4.79 Å². The number of carbonyl (C=O) groups excluding carboxylic acids is 1. The molecule has 2 atom stereocenters. The lowest BCUT2D eigenvalue weighted by molar-refractivity contribution is -0.129. The molecule has 6 nitrogen and oxygen atoms in total. The number of aryl methyl sites for hydroxylation is 1. The summed E-state index contributed by atoms with van der Waals surface area (Å²) in [6, 6.07) is 8.25. The summed E-state index contributed by atoms with van der Waals surface area (Å²) in [7, 11) is 1.76. The predicted octanol–water partition coefficient (Wildman–Crippen LogP) is 1.94. The van der Waals surface area contributed by atoms with E-state index in [1.807, 2.05) is 49.9 Å². The van der Waals surface area contributed by atoms with Crippen LogP contribution in [0.2, 0.25) is 0 Å². The Morgan fingerprint density at radius 2 is 2.20 bits per heavy atom. The van der Waals surface area contributed by atoms with Gasteiger partial charge in [-0.05, 0) is 31.9 Å². The highest BCUT2D eigenvalue weighted by Gasteiger charge is 2.25. The number of hydrogen-bond acceptors (Lipinski definition) is 3. The number of guanidine groups is 1. The Kier molecular flexibility index (Phi) is 7.10. The lowest BCUT2D eigenvalue weighted by Crippen LogP contribution is -2.47. The minimum atomic E-state index is 0.0152. The molecule has 25 heavy (non-hydrogen) atoms. The summed E-state index contributed by atoms with van der Waals surface area (Å²) in [6.07, 6.45) is 1.52. The molecule has 0 aliphatic carbocycles. The van der Waals surface area contributed by atoms with Crippen molar-refractivity contribution < 1.29 is 9.53 Å². The van der Waals surface area contributed by atoms with Gasteiger partial charge in [-0.1, -0.05) is 25.1 Å². The van der Waals surface area contributed by atoms with Crippen LogP contribution in [-0.4, -0.2) is 55.6 Å². The van der Waals surface area contributed by atoms with Crippen LogP contribution in [-0.2, 0) is 4.79 Å². The molecule has 138 valence electrons. The highest BCUT2D eigenvalue weighted by molar-refractivity contribution is 5.80. The van der Waals surface area contributed by atoms with Gasteiger partial charge in [-0.3, -0.25) is 9.79 Å². The van der Waals surface area contributed by atoms with Crippen LogP contribution in [0.3, 0.4) is 0 Å². The van der Waals surface area contributed by atoms with Crippen molar-refractivity contribution in [3.05, 3.63) is 29.8 Å². The zero-order valence-corrected chi connectivity index (χ0v) is 15.7. The van der Waals surface area contributed by atoms with E-state index in [-0.39, 0.29) is 18.1 Å². The van der Waals surface area contributed by atoms with Crippen molar-refractivity contribution >= 4 is 11.9 Å². The van der Waals surface area contributed by atoms with Crippen LogP contribution in [0.15, 0.2) is 29.3 Å². The quantitative estimate of drug-likeness (QED) is 0.610. The number of rotatable bonds is 6. The smallest absolute Gasteiger partial charge is 0.222 e. The van der Waals surface area contributed by atoms with Crippen molar-refractivity contribution in [2.45, 2.75) is 45.8 Å². The lowest BCUT2D eigenvalue weighted by atomic mass is 10.2. The zero-order valence-electron chi connectivity index (χ0n) is 15.7. The molecule has 1 saturated heterocycles. The average molecular weight is 346 g/mol. The van der Waals surface area contributed by atoms with Crippen LogP contribution in [0.1, 0.15) is 32.3 Å². The average Bonchev–Trinajstić information content (AvgIpc) is 3.08. The number of likely N-dealkylation sites (tertiary alicyclic amines) is 1. The molecule has 0 aromatic heterocycles. The number of nitrogens with one attached hydrogen (secondary N) is 2. The van der Waals surface area contributed by atoms with Gasteiger partial charge < -0.3 is 20.3 Å². The van der Waals surface area contributed by atoms with E-state index in [1.165, 1.54) is 0 Å². The van der Waals surface area contributed by atoms with Crippen LogP contribution < -0.4 is 15.4 Å². The third-order valence-electron chi connectivity index (χ3n) is 4.39. The van der Waals surface area contributed by atoms with Crippen molar-refractivity contribution in [2.75, 3.05) is 26.7 Å². The van der Waals surface area contributed by atoms with Gasteiger partial charge in [-0.25, -0.2) is 0 Å². The molecule has 1 heterocycles. The van der Waals surface area contributed by atoms with Gasteiger partial charge in [0, 0.05) is 32.6 Å².